The summed E-state index contributed by atoms with van der Waals surface area (Å²) in [5.41, 5.74) is 3.95. The van der Waals surface area contributed by atoms with Crippen LogP contribution in [0.25, 0.3) is 6.08 Å². The van der Waals surface area contributed by atoms with Gasteiger partial charge >= 0.3 is 0 Å². The van der Waals surface area contributed by atoms with Crippen LogP contribution in [0.5, 0.6) is 0 Å². The predicted octanol–water partition coefficient (Wildman–Crippen LogP) is 4.45. The van der Waals surface area contributed by atoms with Crippen molar-refractivity contribution in [2.24, 2.45) is 7.05 Å². The lowest BCUT2D eigenvalue weighted by molar-refractivity contribution is -0.111. The van der Waals surface area contributed by atoms with Gasteiger partial charge in [0.1, 0.15) is 0 Å². The molecule has 0 aliphatic heterocycles. The second-order valence-corrected chi connectivity index (χ2v) is 9.21. The molecule has 9 heteroatoms. The Morgan fingerprint density at radius 2 is 1.71 bits per heavy atom. The van der Waals surface area contributed by atoms with Gasteiger partial charge in [-0.2, -0.15) is 5.10 Å². The van der Waals surface area contributed by atoms with E-state index in [1.165, 1.54) is 12.1 Å². The number of anilines is 2. The van der Waals surface area contributed by atoms with Crippen molar-refractivity contribution >= 4 is 45.0 Å². The topological polar surface area (TPSA) is 93.1 Å². The Morgan fingerprint density at radius 3 is 2.32 bits per heavy atom. The predicted molar refractivity (Wildman–Crippen MR) is 124 cm³/mol. The number of hydrogen-bond acceptors (Lipinski definition) is 4. The van der Waals surface area contributed by atoms with Crippen LogP contribution in [-0.2, 0) is 21.9 Å². The highest BCUT2D eigenvalue weighted by atomic mass is 35.5. The molecule has 2 N–H and O–H groups in total. The maximum atomic E-state index is 12.9. The van der Waals surface area contributed by atoms with Crippen LogP contribution in [0.3, 0.4) is 0 Å². The normalized spacial score (nSPS) is 11.6. The van der Waals surface area contributed by atoms with Crippen LogP contribution in [0.2, 0.25) is 5.02 Å². The highest BCUT2D eigenvalue weighted by Crippen LogP contribution is 2.24. The van der Waals surface area contributed by atoms with Gasteiger partial charge in [0.2, 0.25) is 5.91 Å². The number of rotatable bonds is 6. The molecule has 0 saturated heterocycles. The lowest BCUT2D eigenvalue weighted by atomic mass is 10.2. The molecular formula is C22H23ClN4O3S. The number of aryl methyl sites for hydroxylation is 3. The van der Waals surface area contributed by atoms with Crippen LogP contribution in [0.15, 0.2) is 53.4 Å². The van der Waals surface area contributed by atoms with Crippen LogP contribution < -0.4 is 10.0 Å². The average Bonchev–Trinajstić information content (AvgIpc) is 2.94. The molecule has 0 aliphatic carbocycles. The van der Waals surface area contributed by atoms with Crippen LogP contribution in [0, 0.1) is 20.8 Å². The van der Waals surface area contributed by atoms with Gasteiger partial charge in [0.25, 0.3) is 10.0 Å². The summed E-state index contributed by atoms with van der Waals surface area (Å²) < 4.78 is 30.0. The molecule has 0 unspecified atom stereocenters. The molecule has 7 nitrogen and oxygen atoms in total. The monoisotopic (exact) mass is 458 g/mol. The quantitative estimate of drug-likeness (QED) is 0.533. The zero-order valence-electron chi connectivity index (χ0n) is 17.6. The van der Waals surface area contributed by atoms with Crippen molar-refractivity contribution < 1.29 is 13.2 Å². The van der Waals surface area contributed by atoms with Crippen molar-refractivity contribution in [2.75, 3.05) is 10.0 Å². The van der Waals surface area contributed by atoms with E-state index in [0.29, 0.717) is 22.0 Å². The summed E-state index contributed by atoms with van der Waals surface area (Å²) in [5.74, 6) is -0.375. The molecule has 0 atom stereocenters. The van der Waals surface area contributed by atoms with Crippen molar-refractivity contribution in [3.8, 4) is 0 Å². The number of hydrogen-bond donors (Lipinski definition) is 2. The Labute approximate surface area is 186 Å². The molecule has 3 rings (SSSR count). The van der Waals surface area contributed by atoms with Crippen molar-refractivity contribution in [1.29, 1.82) is 0 Å². The molecule has 31 heavy (non-hydrogen) atoms. The van der Waals surface area contributed by atoms with E-state index < -0.39 is 10.0 Å². The van der Waals surface area contributed by atoms with Gasteiger partial charge < -0.3 is 5.32 Å². The van der Waals surface area contributed by atoms with Crippen LogP contribution in [0.4, 0.5) is 11.4 Å². The van der Waals surface area contributed by atoms with Gasteiger partial charge in [-0.15, -0.1) is 0 Å². The van der Waals surface area contributed by atoms with Gasteiger partial charge in [-0.1, -0.05) is 17.7 Å². The van der Waals surface area contributed by atoms with E-state index in [1.807, 2.05) is 20.9 Å². The Hall–Kier alpha value is -3.10. The van der Waals surface area contributed by atoms with E-state index in [9.17, 15) is 13.2 Å². The van der Waals surface area contributed by atoms with Gasteiger partial charge in [-0.25, -0.2) is 8.42 Å². The summed E-state index contributed by atoms with van der Waals surface area (Å²) in [5, 5.41) is 7.53. The molecule has 3 aromatic rings. The Kier molecular flexibility index (Phi) is 6.52. The van der Waals surface area contributed by atoms with Crippen LogP contribution in [-0.4, -0.2) is 24.1 Å². The number of benzene rings is 2. The van der Waals surface area contributed by atoms with Gasteiger partial charge in [-0.05, 0) is 68.8 Å². The molecule has 162 valence electrons. The van der Waals surface area contributed by atoms with E-state index in [-0.39, 0.29) is 10.8 Å². The zero-order valence-corrected chi connectivity index (χ0v) is 19.2. The van der Waals surface area contributed by atoms with Crippen LogP contribution >= 0.6 is 11.6 Å². The molecule has 0 bridgehead atoms. The Balaban J connectivity index is 1.79. The van der Waals surface area contributed by atoms with Crippen molar-refractivity contribution in [3.05, 3.63) is 76.1 Å². The standard InChI is InChI=1S/C22H23ClN4O3S/c1-14-5-8-19(24-22(28)12-11-20-15(2)25-27(4)16(20)3)13-21(14)31(29,30)26-18-9-6-17(23)7-10-18/h5-13,26H,1-4H3,(H,24,28)/b12-11+. The van der Waals surface area contributed by atoms with E-state index in [1.54, 1.807) is 54.1 Å². The fourth-order valence-electron chi connectivity index (χ4n) is 3.07. The molecule has 0 aliphatic rings. The Morgan fingerprint density at radius 1 is 1.06 bits per heavy atom. The van der Waals surface area contributed by atoms with Crippen LogP contribution in [0.1, 0.15) is 22.5 Å². The second kappa shape index (κ2) is 8.95. The first kappa shape index (κ1) is 22.6. The molecule has 1 aromatic heterocycles. The molecule has 1 amide bonds. The van der Waals surface area contributed by atoms with Crippen molar-refractivity contribution in [3.63, 3.8) is 0 Å². The summed E-state index contributed by atoms with van der Waals surface area (Å²) >= 11 is 5.85. The van der Waals surface area contributed by atoms with Gasteiger partial charge in [-0.3, -0.25) is 14.2 Å². The fourth-order valence-corrected chi connectivity index (χ4v) is 4.53. The minimum absolute atomic E-state index is 0.0724. The highest BCUT2D eigenvalue weighted by molar-refractivity contribution is 7.92. The maximum Gasteiger partial charge on any atom is 0.262 e. The van der Waals surface area contributed by atoms with Gasteiger partial charge in [0.05, 0.1) is 10.6 Å². The molecule has 0 spiro atoms. The van der Waals surface area contributed by atoms with E-state index in [0.717, 1.165) is 17.0 Å². The molecule has 0 saturated carbocycles. The smallest absolute Gasteiger partial charge is 0.262 e. The third-order valence-electron chi connectivity index (χ3n) is 4.81. The first-order valence-electron chi connectivity index (χ1n) is 9.45. The average molecular weight is 459 g/mol. The van der Waals surface area contributed by atoms with Crippen molar-refractivity contribution in [2.45, 2.75) is 25.7 Å². The number of sulfonamides is 1. The minimum Gasteiger partial charge on any atom is -0.322 e. The van der Waals surface area contributed by atoms with Crippen molar-refractivity contribution in [1.82, 2.24) is 9.78 Å². The number of aromatic nitrogens is 2. The Bertz CT molecular complexity index is 1260. The highest BCUT2D eigenvalue weighted by Gasteiger charge is 2.18. The maximum absolute atomic E-state index is 12.9. The fraction of sp³-hybridized carbons (Fsp3) is 0.182. The van der Waals surface area contributed by atoms with Gasteiger partial charge in [0, 0.05) is 40.8 Å². The van der Waals surface area contributed by atoms with E-state index in [4.69, 9.17) is 11.6 Å². The largest absolute Gasteiger partial charge is 0.322 e. The summed E-state index contributed by atoms with van der Waals surface area (Å²) in [6.07, 6.45) is 3.10. The van der Waals surface area contributed by atoms with Gasteiger partial charge in [0.15, 0.2) is 0 Å². The summed E-state index contributed by atoms with van der Waals surface area (Å²) in [7, 11) is -2.01. The first-order valence-corrected chi connectivity index (χ1v) is 11.3. The number of nitrogens with zero attached hydrogens (tertiary/aromatic N) is 2. The summed E-state index contributed by atoms with van der Waals surface area (Å²) in [4.78, 5) is 12.5. The molecule has 1 heterocycles. The minimum atomic E-state index is -3.85. The third-order valence-corrected chi connectivity index (χ3v) is 6.58. The summed E-state index contributed by atoms with van der Waals surface area (Å²) in [6.45, 7) is 5.48. The SMILES string of the molecule is Cc1ccc(NC(=O)/C=C/c2c(C)nn(C)c2C)cc1S(=O)(=O)Nc1ccc(Cl)cc1. The first-order chi connectivity index (χ1) is 14.6. The number of amides is 1. The lowest BCUT2D eigenvalue weighted by Gasteiger charge is -2.12. The molecule has 0 fully saturated rings. The number of halogens is 1. The van der Waals surface area contributed by atoms with E-state index in [2.05, 4.69) is 15.1 Å². The van der Waals surface area contributed by atoms with E-state index >= 15 is 0 Å². The number of nitrogens with one attached hydrogen (secondary N) is 2. The lowest BCUT2D eigenvalue weighted by Crippen LogP contribution is -2.15. The number of carbonyl (C=O) groups excluding carboxylic acids is 1. The second-order valence-electron chi connectivity index (χ2n) is 7.12. The molecule has 0 radical (unpaired) electrons. The molecule has 2 aromatic carbocycles. The number of carbonyl (C=O) groups is 1. The molecular weight excluding hydrogens is 436 g/mol. The summed E-state index contributed by atoms with van der Waals surface area (Å²) in [6, 6.07) is 11.1. The third kappa shape index (κ3) is 5.34. The zero-order chi connectivity index (χ0) is 22.8.